The van der Waals surface area contributed by atoms with Gasteiger partial charge in [-0.2, -0.15) is 4.31 Å². The Morgan fingerprint density at radius 1 is 1.35 bits per heavy atom. The normalized spacial score (nSPS) is 11.8. The molecular weight excluding hydrogens is 289 g/mol. The maximum absolute atomic E-state index is 13.3. The number of rotatable bonds is 7. The lowest BCUT2D eigenvalue weighted by Crippen LogP contribution is -2.35. The van der Waals surface area contributed by atoms with Gasteiger partial charge in [-0.05, 0) is 24.6 Å². The number of halogens is 1. The zero-order valence-corrected chi connectivity index (χ0v) is 11.7. The molecule has 0 aromatic heterocycles. The smallest absolute Gasteiger partial charge is 0.337 e. The van der Waals surface area contributed by atoms with Crippen LogP contribution in [0.3, 0.4) is 0 Å². The zero-order valence-electron chi connectivity index (χ0n) is 10.9. The minimum absolute atomic E-state index is 0.110. The van der Waals surface area contributed by atoms with Crippen LogP contribution in [0.5, 0.6) is 0 Å². The molecule has 0 saturated heterocycles. The number of carboxylic acids is 1. The van der Waals surface area contributed by atoms with Crippen LogP contribution in [0.1, 0.15) is 23.7 Å². The van der Waals surface area contributed by atoms with Gasteiger partial charge in [-0.25, -0.2) is 17.6 Å². The Morgan fingerprint density at radius 2 is 2.00 bits per heavy atom. The second kappa shape index (κ2) is 6.78. The van der Waals surface area contributed by atoms with E-state index in [0.717, 1.165) is 16.4 Å². The van der Waals surface area contributed by atoms with E-state index < -0.39 is 38.9 Å². The van der Waals surface area contributed by atoms with E-state index in [1.165, 1.54) is 0 Å². The number of nitrogens with zero attached hydrogens (tertiary/aromatic N) is 1. The molecule has 1 aromatic rings. The maximum Gasteiger partial charge on any atom is 0.337 e. The molecule has 0 saturated carbocycles. The summed E-state index contributed by atoms with van der Waals surface area (Å²) in [4.78, 5) is 10.5. The van der Waals surface area contributed by atoms with Crippen molar-refractivity contribution < 1.29 is 27.8 Å². The number of aromatic carboxylic acids is 1. The van der Waals surface area contributed by atoms with Crippen LogP contribution < -0.4 is 0 Å². The Bertz CT molecular complexity index is 582. The first-order valence-electron chi connectivity index (χ1n) is 5.98. The monoisotopic (exact) mass is 305 g/mol. The Morgan fingerprint density at radius 3 is 2.50 bits per heavy atom. The van der Waals surface area contributed by atoms with Gasteiger partial charge in [-0.1, -0.05) is 6.92 Å². The van der Waals surface area contributed by atoms with Gasteiger partial charge < -0.3 is 10.2 Å². The highest BCUT2D eigenvalue weighted by atomic mass is 32.2. The summed E-state index contributed by atoms with van der Waals surface area (Å²) >= 11 is 0. The van der Waals surface area contributed by atoms with Crippen LogP contribution >= 0.6 is 0 Å². The largest absolute Gasteiger partial charge is 0.478 e. The summed E-state index contributed by atoms with van der Waals surface area (Å²) in [5, 5.41) is 17.9. The molecule has 0 aliphatic rings. The lowest BCUT2D eigenvalue weighted by atomic mass is 10.2. The molecule has 1 aromatic carbocycles. The fraction of sp³-hybridized carbons (Fsp3) is 0.417. The second-order valence-corrected chi connectivity index (χ2v) is 5.98. The van der Waals surface area contributed by atoms with Gasteiger partial charge in [-0.15, -0.1) is 0 Å². The number of hydrogen-bond acceptors (Lipinski definition) is 4. The summed E-state index contributed by atoms with van der Waals surface area (Å²) in [6.45, 7) is 1.27. The molecule has 0 spiro atoms. The van der Waals surface area contributed by atoms with Gasteiger partial charge in [0.2, 0.25) is 10.0 Å². The summed E-state index contributed by atoms with van der Waals surface area (Å²) in [6, 6.07) is 2.48. The molecule has 0 amide bonds. The van der Waals surface area contributed by atoms with Crippen LogP contribution in [0.2, 0.25) is 0 Å². The summed E-state index contributed by atoms with van der Waals surface area (Å²) < 4.78 is 38.9. The molecule has 0 atom stereocenters. The summed E-state index contributed by atoms with van der Waals surface area (Å²) in [7, 11) is -4.17. The third-order valence-electron chi connectivity index (χ3n) is 2.61. The van der Waals surface area contributed by atoms with Crippen molar-refractivity contribution in [3.05, 3.63) is 29.6 Å². The molecule has 0 unspecified atom stereocenters. The van der Waals surface area contributed by atoms with E-state index in [9.17, 15) is 17.6 Å². The van der Waals surface area contributed by atoms with Gasteiger partial charge in [0.15, 0.2) is 0 Å². The quantitative estimate of drug-likeness (QED) is 0.781. The molecule has 0 aliphatic carbocycles. The van der Waals surface area contributed by atoms with Crippen LogP contribution in [0, 0.1) is 5.82 Å². The highest BCUT2D eigenvalue weighted by molar-refractivity contribution is 7.89. The molecule has 2 N–H and O–H groups in total. The van der Waals surface area contributed by atoms with E-state index in [-0.39, 0.29) is 13.1 Å². The van der Waals surface area contributed by atoms with Crippen LogP contribution in [0.4, 0.5) is 4.39 Å². The average molecular weight is 305 g/mol. The third-order valence-corrected chi connectivity index (χ3v) is 4.55. The lowest BCUT2D eigenvalue weighted by molar-refractivity contribution is 0.0692. The number of carboxylic acid groups (broad SMARTS) is 1. The second-order valence-electron chi connectivity index (χ2n) is 4.07. The number of sulfonamides is 1. The molecule has 20 heavy (non-hydrogen) atoms. The van der Waals surface area contributed by atoms with Gasteiger partial charge in [-0.3, -0.25) is 0 Å². The van der Waals surface area contributed by atoms with Crippen molar-refractivity contribution in [2.24, 2.45) is 0 Å². The zero-order chi connectivity index (χ0) is 15.3. The van der Waals surface area contributed by atoms with E-state index in [0.29, 0.717) is 12.5 Å². The average Bonchev–Trinajstić information content (AvgIpc) is 2.38. The minimum atomic E-state index is -4.17. The van der Waals surface area contributed by atoms with Crippen molar-refractivity contribution in [3.63, 3.8) is 0 Å². The predicted molar refractivity (Wildman–Crippen MR) is 69.5 cm³/mol. The Kier molecular flexibility index (Phi) is 5.61. The van der Waals surface area contributed by atoms with Gasteiger partial charge >= 0.3 is 5.97 Å². The molecule has 0 aliphatic heterocycles. The van der Waals surface area contributed by atoms with Crippen molar-refractivity contribution in [1.29, 1.82) is 0 Å². The van der Waals surface area contributed by atoms with Crippen molar-refractivity contribution in [3.8, 4) is 0 Å². The van der Waals surface area contributed by atoms with Gasteiger partial charge in [0.25, 0.3) is 0 Å². The lowest BCUT2D eigenvalue weighted by Gasteiger charge is -2.21. The molecule has 0 bridgehead atoms. The minimum Gasteiger partial charge on any atom is -0.478 e. The molecular formula is C12H16FNO5S. The van der Waals surface area contributed by atoms with Crippen molar-refractivity contribution in [2.45, 2.75) is 18.2 Å². The van der Waals surface area contributed by atoms with E-state index in [1.54, 1.807) is 6.92 Å². The SMILES string of the molecule is CCCN(CCO)S(=O)(=O)c1cc(F)ccc1C(=O)O. The maximum atomic E-state index is 13.3. The fourth-order valence-corrected chi connectivity index (χ4v) is 3.46. The molecule has 0 fully saturated rings. The predicted octanol–water partition coefficient (Wildman–Crippen LogP) is 0.917. The highest BCUT2D eigenvalue weighted by Crippen LogP contribution is 2.22. The molecule has 0 radical (unpaired) electrons. The van der Waals surface area contributed by atoms with E-state index in [2.05, 4.69) is 0 Å². The first kappa shape index (κ1) is 16.5. The molecule has 112 valence electrons. The van der Waals surface area contributed by atoms with Crippen LogP contribution in [-0.2, 0) is 10.0 Å². The molecule has 0 heterocycles. The van der Waals surface area contributed by atoms with E-state index in [1.807, 2.05) is 0 Å². The van der Waals surface area contributed by atoms with Crippen molar-refractivity contribution in [2.75, 3.05) is 19.7 Å². The number of aliphatic hydroxyl groups excluding tert-OH is 1. The summed E-state index contributed by atoms with van der Waals surface area (Å²) in [5.74, 6) is -2.29. The Labute approximate surface area is 116 Å². The molecule has 8 heteroatoms. The molecule has 6 nitrogen and oxygen atoms in total. The molecule has 1 rings (SSSR count). The Balaban J connectivity index is 3.39. The topological polar surface area (TPSA) is 94.9 Å². The summed E-state index contributed by atoms with van der Waals surface area (Å²) in [5.41, 5.74) is -0.495. The number of carbonyl (C=O) groups is 1. The fourth-order valence-electron chi connectivity index (χ4n) is 1.74. The van der Waals surface area contributed by atoms with Crippen LogP contribution in [-0.4, -0.2) is 48.6 Å². The first-order valence-corrected chi connectivity index (χ1v) is 7.42. The van der Waals surface area contributed by atoms with Gasteiger partial charge in [0, 0.05) is 13.1 Å². The number of aliphatic hydroxyl groups is 1. The van der Waals surface area contributed by atoms with Crippen molar-refractivity contribution >= 4 is 16.0 Å². The van der Waals surface area contributed by atoms with Crippen LogP contribution in [0.15, 0.2) is 23.1 Å². The standard InChI is InChI=1S/C12H16FNO5S/c1-2-5-14(6-7-15)20(18,19)11-8-9(13)3-4-10(11)12(16)17/h3-4,8,15H,2,5-7H2,1H3,(H,16,17). The van der Waals surface area contributed by atoms with E-state index >= 15 is 0 Å². The summed E-state index contributed by atoms with van der Waals surface area (Å²) in [6.07, 6.45) is 0.483. The van der Waals surface area contributed by atoms with Gasteiger partial charge in [0.05, 0.1) is 17.1 Å². The van der Waals surface area contributed by atoms with E-state index in [4.69, 9.17) is 10.2 Å². The number of benzene rings is 1. The first-order chi connectivity index (χ1) is 9.34. The highest BCUT2D eigenvalue weighted by Gasteiger charge is 2.28. The van der Waals surface area contributed by atoms with Crippen LogP contribution in [0.25, 0.3) is 0 Å². The van der Waals surface area contributed by atoms with Crippen molar-refractivity contribution in [1.82, 2.24) is 4.31 Å². The third kappa shape index (κ3) is 3.53. The van der Waals surface area contributed by atoms with Gasteiger partial charge in [0.1, 0.15) is 5.82 Å². The Hall–Kier alpha value is -1.51. The number of hydrogen-bond donors (Lipinski definition) is 2.